The largest absolute Gasteiger partial charge is 0.461 e. The molecule has 0 saturated heterocycles. The van der Waals surface area contributed by atoms with Gasteiger partial charge in [0.1, 0.15) is 12.0 Å². The number of rotatable bonds is 2. The molecule has 0 heterocycles. The highest BCUT2D eigenvalue weighted by atomic mass is 35.5. The van der Waals surface area contributed by atoms with Gasteiger partial charge in [0.2, 0.25) is 0 Å². The van der Waals surface area contributed by atoms with E-state index < -0.39 is 0 Å². The molecule has 3 heteroatoms. The normalized spacial score (nSPS) is 46.9. The Hall–Kier alpha value is -0.240. The van der Waals surface area contributed by atoms with Crippen molar-refractivity contribution < 1.29 is 9.53 Å². The molecule has 0 spiro atoms. The second-order valence-corrected chi connectivity index (χ2v) is 5.58. The summed E-state index contributed by atoms with van der Waals surface area (Å²) in [6.45, 7) is 0. The zero-order valence-corrected chi connectivity index (χ0v) is 9.58. The molecular weight excluding hydrogens is 212 g/mol. The van der Waals surface area contributed by atoms with Gasteiger partial charge in [0.05, 0.1) is 0 Å². The van der Waals surface area contributed by atoms with Crippen molar-refractivity contribution >= 4 is 17.6 Å². The van der Waals surface area contributed by atoms with E-state index in [9.17, 15) is 4.79 Å². The van der Waals surface area contributed by atoms with Gasteiger partial charge in [-0.05, 0) is 49.9 Å². The van der Waals surface area contributed by atoms with Crippen molar-refractivity contribution in [3.63, 3.8) is 0 Å². The van der Waals surface area contributed by atoms with Crippen molar-refractivity contribution in [2.45, 2.75) is 38.2 Å². The number of esters is 1. The Morgan fingerprint density at radius 1 is 1.20 bits per heavy atom. The molecule has 0 N–H and O–H groups in total. The van der Waals surface area contributed by atoms with Crippen LogP contribution in [0.15, 0.2) is 0 Å². The van der Waals surface area contributed by atoms with E-state index in [1.807, 2.05) is 0 Å². The Balaban J connectivity index is 1.70. The minimum Gasteiger partial charge on any atom is -0.461 e. The molecule has 0 aromatic rings. The van der Waals surface area contributed by atoms with E-state index in [0.29, 0.717) is 5.92 Å². The molecule has 0 aromatic heterocycles. The van der Waals surface area contributed by atoms with Crippen LogP contribution < -0.4 is 0 Å². The average Bonchev–Trinajstić information content (AvgIpc) is 2.89. The lowest BCUT2D eigenvalue weighted by molar-refractivity contribution is -0.148. The number of alkyl halides is 1. The van der Waals surface area contributed by atoms with Gasteiger partial charge in [0, 0.05) is 5.92 Å². The number of hydrogen-bond donors (Lipinski definition) is 0. The lowest BCUT2D eigenvalue weighted by Crippen LogP contribution is -2.29. The summed E-state index contributed by atoms with van der Waals surface area (Å²) in [6, 6.07) is 0. The fraction of sp³-hybridized carbons (Fsp3) is 0.917. The minimum absolute atomic E-state index is 0.00197. The minimum atomic E-state index is -0.231. The lowest BCUT2D eigenvalue weighted by atomic mass is 9.81. The van der Waals surface area contributed by atoms with E-state index in [1.54, 1.807) is 0 Å². The number of fused-ring (bicyclic) bond motifs is 5. The Kier molecular flexibility index (Phi) is 2.42. The second kappa shape index (κ2) is 3.65. The quantitative estimate of drug-likeness (QED) is 0.537. The molecule has 3 aliphatic carbocycles. The summed E-state index contributed by atoms with van der Waals surface area (Å²) in [5.74, 6) is 3.09. The van der Waals surface area contributed by atoms with E-state index >= 15 is 0 Å². The van der Waals surface area contributed by atoms with Crippen LogP contribution in [0.2, 0.25) is 0 Å². The molecule has 3 saturated carbocycles. The molecular formula is C12H17ClO2. The van der Waals surface area contributed by atoms with Crippen LogP contribution >= 0.6 is 11.6 Å². The summed E-state index contributed by atoms with van der Waals surface area (Å²) in [5.41, 5.74) is 0. The number of hydrogen-bond acceptors (Lipinski definition) is 2. The highest BCUT2D eigenvalue weighted by Gasteiger charge is 2.54. The van der Waals surface area contributed by atoms with Crippen LogP contribution in [0.4, 0.5) is 0 Å². The lowest BCUT2D eigenvalue weighted by Gasteiger charge is -2.28. The number of halogens is 1. The van der Waals surface area contributed by atoms with E-state index in [2.05, 4.69) is 0 Å². The molecule has 3 aliphatic rings. The molecule has 3 fully saturated rings. The molecule has 15 heavy (non-hydrogen) atoms. The first kappa shape index (κ1) is 9.95. The summed E-state index contributed by atoms with van der Waals surface area (Å²) in [5, 5.41) is 0. The fourth-order valence-corrected chi connectivity index (χ4v) is 4.41. The van der Waals surface area contributed by atoms with E-state index in [4.69, 9.17) is 16.3 Å². The van der Waals surface area contributed by atoms with Gasteiger partial charge >= 0.3 is 5.97 Å². The standard InChI is InChI=1S/C12H17ClO2/c13-6-11(14)15-10-4-3-9-7-1-2-8(5-7)12(9)10/h7-10,12H,1-6H2/t7-,8-,9+,10+,12+/m0/s1. The van der Waals surface area contributed by atoms with Gasteiger partial charge in [0.25, 0.3) is 0 Å². The first-order valence-corrected chi connectivity index (χ1v) is 6.58. The third-order valence-corrected chi connectivity index (χ3v) is 4.98. The summed E-state index contributed by atoms with van der Waals surface area (Å²) in [4.78, 5) is 11.2. The van der Waals surface area contributed by atoms with Gasteiger partial charge in [-0.25, -0.2) is 0 Å². The summed E-state index contributed by atoms with van der Waals surface area (Å²) in [6.07, 6.45) is 6.71. The van der Waals surface area contributed by atoms with Crippen LogP contribution in [0.25, 0.3) is 0 Å². The summed E-state index contributed by atoms with van der Waals surface area (Å²) >= 11 is 5.48. The van der Waals surface area contributed by atoms with E-state index in [-0.39, 0.29) is 18.0 Å². The Labute approximate surface area is 95.3 Å². The topological polar surface area (TPSA) is 26.3 Å². The van der Waals surface area contributed by atoms with Crippen LogP contribution in [0.3, 0.4) is 0 Å². The van der Waals surface area contributed by atoms with Crippen LogP contribution in [0, 0.1) is 23.7 Å². The van der Waals surface area contributed by atoms with Crippen LogP contribution in [-0.2, 0) is 9.53 Å². The van der Waals surface area contributed by atoms with Crippen LogP contribution in [-0.4, -0.2) is 18.0 Å². The molecule has 2 bridgehead atoms. The predicted octanol–water partition coefficient (Wildman–Crippen LogP) is 2.59. The van der Waals surface area contributed by atoms with Gasteiger partial charge in [-0.1, -0.05) is 0 Å². The zero-order chi connectivity index (χ0) is 10.4. The SMILES string of the molecule is O=C(CCl)O[C@@H]1CC[C@@H]2[C@H]3CC[C@@H](C3)[C@H]21. The van der Waals surface area contributed by atoms with Gasteiger partial charge in [-0.2, -0.15) is 0 Å². The molecule has 0 aliphatic heterocycles. The molecule has 0 unspecified atom stereocenters. The van der Waals surface area contributed by atoms with Gasteiger partial charge in [0.15, 0.2) is 0 Å². The van der Waals surface area contributed by atoms with Gasteiger partial charge in [-0.15, -0.1) is 11.6 Å². The number of carbonyl (C=O) groups excluding carboxylic acids is 1. The first-order valence-electron chi connectivity index (χ1n) is 6.05. The van der Waals surface area contributed by atoms with Crippen molar-refractivity contribution in [3.05, 3.63) is 0 Å². The Morgan fingerprint density at radius 2 is 2.00 bits per heavy atom. The first-order chi connectivity index (χ1) is 7.29. The maximum Gasteiger partial charge on any atom is 0.321 e. The van der Waals surface area contributed by atoms with Crippen molar-refractivity contribution in [1.82, 2.24) is 0 Å². The van der Waals surface area contributed by atoms with E-state index in [0.717, 1.165) is 24.2 Å². The van der Waals surface area contributed by atoms with Crippen molar-refractivity contribution in [2.24, 2.45) is 23.7 Å². The number of carbonyl (C=O) groups is 1. The molecule has 2 nitrogen and oxygen atoms in total. The average molecular weight is 229 g/mol. The molecule has 0 amide bonds. The Morgan fingerprint density at radius 3 is 2.80 bits per heavy atom. The van der Waals surface area contributed by atoms with Crippen molar-refractivity contribution in [1.29, 1.82) is 0 Å². The molecule has 5 atom stereocenters. The third kappa shape index (κ3) is 1.49. The highest BCUT2D eigenvalue weighted by Crippen LogP contribution is 2.59. The molecule has 0 aromatic carbocycles. The highest BCUT2D eigenvalue weighted by molar-refractivity contribution is 6.26. The Bertz CT molecular complexity index is 279. The van der Waals surface area contributed by atoms with Crippen molar-refractivity contribution in [2.75, 3.05) is 5.88 Å². The smallest absolute Gasteiger partial charge is 0.321 e. The van der Waals surface area contributed by atoms with E-state index in [1.165, 1.54) is 25.7 Å². The van der Waals surface area contributed by atoms with Gasteiger partial charge in [-0.3, -0.25) is 4.79 Å². The second-order valence-electron chi connectivity index (χ2n) is 5.31. The molecule has 84 valence electrons. The van der Waals surface area contributed by atoms with Crippen molar-refractivity contribution in [3.8, 4) is 0 Å². The van der Waals surface area contributed by atoms with Crippen LogP contribution in [0.1, 0.15) is 32.1 Å². The summed E-state index contributed by atoms with van der Waals surface area (Å²) < 4.78 is 5.46. The number of ether oxygens (including phenoxy) is 1. The maximum absolute atomic E-state index is 11.2. The molecule has 0 radical (unpaired) electrons. The zero-order valence-electron chi connectivity index (χ0n) is 8.82. The summed E-state index contributed by atoms with van der Waals surface area (Å²) in [7, 11) is 0. The van der Waals surface area contributed by atoms with Gasteiger partial charge < -0.3 is 4.74 Å². The monoisotopic (exact) mass is 228 g/mol. The fourth-order valence-electron chi connectivity index (χ4n) is 4.35. The van der Waals surface area contributed by atoms with Crippen LogP contribution in [0.5, 0.6) is 0 Å². The predicted molar refractivity (Wildman–Crippen MR) is 57.6 cm³/mol. The third-order valence-electron chi connectivity index (χ3n) is 4.76. The molecule has 3 rings (SSSR count). The maximum atomic E-state index is 11.2.